The zero-order valence-electron chi connectivity index (χ0n) is 10.4. The van der Waals surface area contributed by atoms with E-state index in [4.69, 9.17) is 0 Å². The van der Waals surface area contributed by atoms with Gasteiger partial charge in [-0.05, 0) is 48.7 Å². The fraction of sp³-hybridized carbons (Fsp3) is 0.600. The lowest BCUT2D eigenvalue weighted by Crippen LogP contribution is -2.02. The van der Waals surface area contributed by atoms with Crippen LogP contribution in [0.25, 0.3) is 0 Å². The molecule has 1 atom stereocenters. The van der Waals surface area contributed by atoms with Crippen molar-refractivity contribution in [1.82, 2.24) is 0 Å². The van der Waals surface area contributed by atoms with Gasteiger partial charge in [0.2, 0.25) is 0 Å². The first-order chi connectivity index (χ1) is 7.09. The normalized spacial score (nSPS) is 22.1. The van der Waals surface area contributed by atoms with E-state index in [1.54, 1.807) is 0 Å². The quantitative estimate of drug-likeness (QED) is 0.572. The van der Waals surface area contributed by atoms with E-state index in [2.05, 4.69) is 45.6 Å². The van der Waals surface area contributed by atoms with Gasteiger partial charge in [0, 0.05) is 0 Å². The van der Waals surface area contributed by atoms with Crippen LogP contribution in [0.2, 0.25) is 0 Å². The summed E-state index contributed by atoms with van der Waals surface area (Å²) in [6.45, 7) is 11.0. The fourth-order valence-corrected chi connectivity index (χ4v) is 1.85. The Morgan fingerprint density at radius 3 is 2.87 bits per heavy atom. The maximum absolute atomic E-state index is 4.15. The van der Waals surface area contributed by atoms with Gasteiger partial charge in [0.15, 0.2) is 0 Å². The SMILES string of the molecule is C=C(/C=C/CC(C)C)C1=CC[C@@H](C)CC1. The summed E-state index contributed by atoms with van der Waals surface area (Å²) >= 11 is 0. The van der Waals surface area contributed by atoms with Crippen molar-refractivity contribution >= 4 is 0 Å². The van der Waals surface area contributed by atoms with E-state index in [0.29, 0.717) is 0 Å². The Balaban J connectivity index is 2.44. The summed E-state index contributed by atoms with van der Waals surface area (Å²) in [7, 11) is 0. The standard InChI is InChI=1S/C15H24/c1-12(2)6-5-7-14(4)15-10-8-13(3)9-11-15/h5,7,10,12-13H,4,6,8-9,11H2,1-3H3/b7-5+/t13-/m1/s1. The molecule has 0 radical (unpaired) electrons. The lowest BCUT2D eigenvalue weighted by molar-refractivity contribution is 0.517. The maximum atomic E-state index is 4.15. The molecule has 15 heavy (non-hydrogen) atoms. The molecular weight excluding hydrogens is 180 g/mol. The predicted molar refractivity (Wildman–Crippen MR) is 68.8 cm³/mol. The van der Waals surface area contributed by atoms with Crippen LogP contribution in [0.5, 0.6) is 0 Å². The second kappa shape index (κ2) is 5.95. The van der Waals surface area contributed by atoms with Crippen molar-refractivity contribution in [2.45, 2.75) is 46.5 Å². The van der Waals surface area contributed by atoms with Gasteiger partial charge in [-0.25, -0.2) is 0 Å². The maximum Gasteiger partial charge on any atom is -0.0274 e. The second-order valence-corrected chi connectivity index (χ2v) is 5.17. The highest BCUT2D eigenvalue weighted by molar-refractivity contribution is 5.38. The molecule has 0 N–H and O–H groups in total. The molecule has 0 nitrogen and oxygen atoms in total. The van der Waals surface area contributed by atoms with Crippen LogP contribution < -0.4 is 0 Å². The third-order valence-corrected chi connectivity index (χ3v) is 3.01. The van der Waals surface area contributed by atoms with Gasteiger partial charge in [-0.3, -0.25) is 0 Å². The third-order valence-electron chi connectivity index (χ3n) is 3.01. The minimum atomic E-state index is 0.745. The van der Waals surface area contributed by atoms with E-state index in [-0.39, 0.29) is 0 Å². The van der Waals surface area contributed by atoms with Crippen LogP contribution in [0, 0.1) is 11.8 Å². The van der Waals surface area contributed by atoms with Gasteiger partial charge in [-0.15, -0.1) is 0 Å². The van der Waals surface area contributed by atoms with Gasteiger partial charge in [0.25, 0.3) is 0 Å². The summed E-state index contributed by atoms with van der Waals surface area (Å²) in [5, 5.41) is 0. The molecule has 0 unspecified atom stereocenters. The molecule has 0 aromatic rings. The van der Waals surface area contributed by atoms with Crippen molar-refractivity contribution in [1.29, 1.82) is 0 Å². The summed E-state index contributed by atoms with van der Waals surface area (Å²) in [6, 6.07) is 0. The topological polar surface area (TPSA) is 0 Å². The molecule has 1 aliphatic rings. The molecule has 0 heteroatoms. The largest absolute Gasteiger partial charge is 0.0915 e. The van der Waals surface area contributed by atoms with Crippen LogP contribution in [-0.4, -0.2) is 0 Å². The molecular formula is C15H24. The number of allylic oxidation sites excluding steroid dienone is 5. The average molecular weight is 204 g/mol. The number of hydrogen-bond acceptors (Lipinski definition) is 0. The van der Waals surface area contributed by atoms with E-state index in [9.17, 15) is 0 Å². The molecule has 0 heterocycles. The van der Waals surface area contributed by atoms with Crippen molar-refractivity contribution in [3.8, 4) is 0 Å². The first-order valence-electron chi connectivity index (χ1n) is 6.14. The van der Waals surface area contributed by atoms with Crippen LogP contribution in [0.3, 0.4) is 0 Å². The smallest absolute Gasteiger partial charge is 0.0274 e. The number of hydrogen-bond donors (Lipinski definition) is 0. The van der Waals surface area contributed by atoms with Crippen molar-refractivity contribution in [3.63, 3.8) is 0 Å². The minimum Gasteiger partial charge on any atom is -0.0915 e. The first kappa shape index (κ1) is 12.3. The molecule has 84 valence electrons. The Hall–Kier alpha value is -0.780. The van der Waals surface area contributed by atoms with Gasteiger partial charge < -0.3 is 0 Å². The summed E-state index contributed by atoms with van der Waals surface area (Å²) < 4.78 is 0. The lowest BCUT2D eigenvalue weighted by atomic mass is 9.88. The molecule has 0 spiro atoms. The molecule has 0 saturated heterocycles. The average Bonchev–Trinajstić information content (AvgIpc) is 2.18. The highest BCUT2D eigenvalue weighted by Gasteiger charge is 2.10. The van der Waals surface area contributed by atoms with Gasteiger partial charge in [-0.1, -0.05) is 45.6 Å². The van der Waals surface area contributed by atoms with Crippen molar-refractivity contribution in [2.24, 2.45) is 11.8 Å². The monoisotopic (exact) mass is 204 g/mol. The Bertz CT molecular complexity index is 266. The molecule has 1 rings (SSSR count). The van der Waals surface area contributed by atoms with Gasteiger partial charge >= 0.3 is 0 Å². The van der Waals surface area contributed by atoms with Gasteiger partial charge in [0.1, 0.15) is 0 Å². The van der Waals surface area contributed by atoms with Crippen molar-refractivity contribution in [2.75, 3.05) is 0 Å². The molecule has 0 saturated carbocycles. The summed E-state index contributed by atoms with van der Waals surface area (Å²) in [4.78, 5) is 0. The molecule has 0 bridgehead atoms. The van der Waals surface area contributed by atoms with Crippen molar-refractivity contribution < 1.29 is 0 Å². The van der Waals surface area contributed by atoms with E-state index < -0.39 is 0 Å². The molecule has 0 amide bonds. The highest BCUT2D eigenvalue weighted by atomic mass is 14.2. The van der Waals surface area contributed by atoms with E-state index in [0.717, 1.165) is 18.3 Å². The highest BCUT2D eigenvalue weighted by Crippen LogP contribution is 2.27. The summed E-state index contributed by atoms with van der Waals surface area (Å²) in [5.41, 5.74) is 2.69. The second-order valence-electron chi connectivity index (χ2n) is 5.17. The lowest BCUT2D eigenvalue weighted by Gasteiger charge is -2.18. The fourth-order valence-electron chi connectivity index (χ4n) is 1.85. The Morgan fingerprint density at radius 2 is 2.33 bits per heavy atom. The molecule has 0 aromatic carbocycles. The van der Waals surface area contributed by atoms with Crippen LogP contribution in [-0.2, 0) is 0 Å². The molecule has 0 aromatic heterocycles. The zero-order chi connectivity index (χ0) is 11.3. The molecule has 1 aliphatic carbocycles. The molecule has 0 aliphatic heterocycles. The van der Waals surface area contributed by atoms with Crippen LogP contribution in [0.1, 0.15) is 46.5 Å². The first-order valence-corrected chi connectivity index (χ1v) is 6.14. The van der Waals surface area contributed by atoms with E-state index in [1.165, 1.54) is 30.4 Å². The predicted octanol–water partition coefficient (Wildman–Crippen LogP) is 4.89. The van der Waals surface area contributed by atoms with Crippen LogP contribution >= 0.6 is 0 Å². The van der Waals surface area contributed by atoms with Gasteiger partial charge in [0.05, 0.1) is 0 Å². The minimum absolute atomic E-state index is 0.745. The number of rotatable bonds is 4. The van der Waals surface area contributed by atoms with Crippen molar-refractivity contribution in [3.05, 3.63) is 36.0 Å². The molecule has 0 fully saturated rings. The van der Waals surface area contributed by atoms with Gasteiger partial charge in [-0.2, -0.15) is 0 Å². The Morgan fingerprint density at radius 1 is 1.60 bits per heavy atom. The summed E-state index contributed by atoms with van der Waals surface area (Å²) in [6.07, 6.45) is 11.7. The summed E-state index contributed by atoms with van der Waals surface area (Å²) in [5.74, 6) is 1.61. The van der Waals surface area contributed by atoms with E-state index in [1.807, 2.05) is 0 Å². The van der Waals surface area contributed by atoms with E-state index >= 15 is 0 Å². The van der Waals surface area contributed by atoms with Crippen LogP contribution in [0.15, 0.2) is 36.0 Å². The Labute approximate surface area is 94.8 Å². The third kappa shape index (κ3) is 4.51. The Kier molecular flexibility index (Phi) is 4.87. The zero-order valence-corrected chi connectivity index (χ0v) is 10.4. The van der Waals surface area contributed by atoms with Crippen LogP contribution in [0.4, 0.5) is 0 Å².